The van der Waals surface area contributed by atoms with E-state index in [1.807, 2.05) is 17.2 Å². The Morgan fingerprint density at radius 1 is 1.33 bits per heavy atom. The van der Waals surface area contributed by atoms with E-state index < -0.39 is 0 Å². The first-order valence-electron chi connectivity index (χ1n) is 9.79. The van der Waals surface area contributed by atoms with Crippen molar-refractivity contribution in [2.24, 2.45) is 11.8 Å². The third kappa shape index (κ3) is 1.43. The molecule has 7 heteroatoms. The minimum atomic E-state index is -0.317. The van der Waals surface area contributed by atoms with Crippen LogP contribution in [0.3, 0.4) is 0 Å². The van der Waals surface area contributed by atoms with Gasteiger partial charge >= 0.3 is 0 Å². The molecular formula is C20H19N3O4. The molecule has 1 aliphatic carbocycles. The number of carbonyl (C=O) groups is 1. The molecule has 138 valence electrons. The molecular weight excluding hydrogens is 346 g/mol. The smallest absolute Gasteiger partial charge is 0.269 e. The summed E-state index contributed by atoms with van der Waals surface area (Å²) in [7, 11) is 0. The van der Waals surface area contributed by atoms with E-state index in [9.17, 15) is 14.9 Å². The summed E-state index contributed by atoms with van der Waals surface area (Å²) in [6, 6.07) is 5.55. The van der Waals surface area contributed by atoms with E-state index in [1.54, 1.807) is 12.1 Å². The second-order valence-electron chi connectivity index (χ2n) is 8.93. The van der Waals surface area contributed by atoms with Crippen LogP contribution in [-0.4, -0.2) is 47.0 Å². The van der Waals surface area contributed by atoms with Crippen LogP contribution < -0.4 is 4.90 Å². The van der Waals surface area contributed by atoms with Crippen molar-refractivity contribution in [2.75, 3.05) is 18.0 Å². The van der Waals surface area contributed by atoms with Crippen molar-refractivity contribution in [3.05, 3.63) is 45.7 Å². The monoisotopic (exact) mass is 365 g/mol. The molecule has 1 amide bonds. The number of nitrogens with zero attached hydrogens (tertiary/aromatic N) is 3. The number of rotatable bonds is 1. The zero-order chi connectivity index (χ0) is 18.1. The van der Waals surface area contributed by atoms with Crippen LogP contribution in [-0.2, 0) is 14.9 Å². The third-order valence-electron chi connectivity index (χ3n) is 8.24. The number of fused-ring (bicyclic) bond motifs is 2. The highest BCUT2D eigenvalue weighted by molar-refractivity contribution is 5.99. The summed E-state index contributed by atoms with van der Waals surface area (Å²) in [6.45, 7) is 1.91. The molecule has 2 bridgehead atoms. The minimum Gasteiger partial charge on any atom is -0.497 e. The van der Waals surface area contributed by atoms with Gasteiger partial charge in [0.05, 0.1) is 23.6 Å². The molecule has 5 aliphatic heterocycles. The average molecular weight is 365 g/mol. The molecule has 6 aliphatic rings. The van der Waals surface area contributed by atoms with Crippen molar-refractivity contribution >= 4 is 17.3 Å². The molecule has 1 spiro atoms. The first-order valence-corrected chi connectivity index (χ1v) is 9.79. The van der Waals surface area contributed by atoms with E-state index in [-0.39, 0.29) is 34.1 Å². The molecule has 5 heterocycles. The van der Waals surface area contributed by atoms with Gasteiger partial charge in [-0.05, 0) is 42.5 Å². The van der Waals surface area contributed by atoms with Gasteiger partial charge in [-0.3, -0.25) is 19.8 Å². The summed E-state index contributed by atoms with van der Waals surface area (Å²) >= 11 is 0. The van der Waals surface area contributed by atoms with Crippen molar-refractivity contribution in [2.45, 2.75) is 42.9 Å². The lowest BCUT2D eigenvalue weighted by Crippen LogP contribution is -2.70. The maximum atomic E-state index is 13.1. The Kier molecular flexibility index (Phi) is 2.36. The van der Waals surface area contributed by atoms with Crippen LogP contribution >= 0.6 is 0 Å². The second kappa shape index (κ2) is 4.35. The molecule has 1 aromatic carbocycles. The molecule has 7 nitrogen and oxygen atoms in total. The molecule has 4 fully saturated rings. The Balaban J connectivity index is 1.54. The number of nitro groups is 1. The molecule has 6 atom stereocenters. The Morgan fingerprint density at radius 3 is 3.07 bits per heavy atom. The van der Waals surface area contributed by atoms with Crippen LogP contribution in [0.2, 0.25) is 0 Å². The Labute approximate surface area is 155 Å². The number of piperidine rings is 2. The molecule has 0 aromatic heterocycles. The normalized spacial score (nSPS) is 42.5. The summed E-state index contributed by atoms with van der Waals surface area (Å²) in [5.74, 6) is 0.871. The highest BCUT2D eigenvalue weighted by atomic mass is 16.6. The SMILES string of the molecule is O=C1C[C@@H]2OC=C3CN4CC[C@]56c7cc([N+](=O)[O-])ccc7N1[C@H]5[C@@H]2[C@H]3C[C@@H]46. The highest BCUT2D eigenvalue weighted by Gasteiger charge is 2.71. The lowest BCUT2D eigenvalue weighted by Gasteiger charge is -2.60. The Morgan fingerprint density at radius 2 is 2.22 bits per heavy atom. The van der Waals surface area contributed by atoms with E-state index in [1.165, 1.54) is 5.57 Å². The van der Waals surface area contributed by atoms with Gasteiger partial charge in [-0.1, -0.05) is 0 Å². The molecule has 0 N–H and O–H groups in total. The minimum absolute atomic E-state index is 0.0539. The van der Waals surface area contributed by atoms with E-state index >= 15 is 0 Å². The van der Waals surface area contributed by atoms with E-state index in [2.05, 4.69) is 4.90 Å². The van der Waals surface area contributed by atoms with Crippen LogP contribution in [0.25, 0.3) is 0 Å². The van der Waals surface area contributed by atoms with Crippen LogP contribution in [0.15, 0.2) is 30.0 Å². The van der Waals surface area contributed by atoms with Crippen molar-refractivity contribution < 1.29 is 14.5 Å². The van der Waals surface area contributed by atoms with Gasteiger partial charge in [0.15, 0.2) is 0 Å². The second-order valence-corrected chi connectivity index (χ2v) is 8.93. The van der Waals surface area contributed by atoms with Crippen LogP contribution in [0.4, 0.5) is 11.4 Å². The first-order chi connectivity index (χ1) is 13.1. The van der Waals surface area contributed by atoms with Gasteiger partial charge in [-0.25, -0.2) is 0 Å². The molecule has 0 unspecified atom stereocenters. The molecule has 1 saturated carbocycles. The topological polar surface area (TPSA) is 75.9 Å². The number of anilines is 1. The Hall–Kier alpha value is -2.41. The maximum absolute atomic E-state index is 13.1. The summed E-state index contributed by atoms with van der Waals surface area (Å²) < 4.78 is 6.08. The zero-order valence-electron chi connectivity index (χ0n) is 14.7. The number of carbonyl (C=O) groups excluding carboxylic acids is 1. The number of nitro benzene ring substituents is 1. The molecule has 1 aromatic rings. The van der Waals surface area contributed by atoms with Crippen molar-refractivity contribution in [3.8, 4) is 0 Å². The lowest BCUT2D eigenvalue weighted by molar-refractivity contribution is -0.384. The van der Waals surface area contributed by atoms with E-state index in [0.29, 0.717) is 24.3 Å². The summed E-state index contributed by atoms with van der Waals surface area (Å²) in [4.78, 5) is 28.8. The van der Waals surface area contributed by atoms with Gasteiger partial charge in [0, 0.05) is 41.7 Å². The number of hydrogen-bond donors (Lipinski definition) is 0. The van der Waals surface area contributed by atoms with Gasteiger partial charge < -0.3 is 9.64 Å². The number of amides is 1. The number of non-ortho nitro benzene ring substituents is 1. The summed E-state index contributed by atoms with van der Waals surface area (Å²) in [6.07, 6.45) is 4.33. The number of benzene rings is 1. The fraction of sp³-hybridized carbons (Fsp3) is 0.550. The number of ether oxygens (including phenoxy) is 1. The van der Waals surface area contributed by atoms with Crippen molar-refractivity contribution in [1.82, 2.24) is 4.90 Å². The van der Waals surface area contributed by atoms with Gasteiger partial charge in [0.1, 0.15) is 6.10 Å². The first kappa shape index (κ1) is 14.6. The Bertz CT molecular complexity index is 974. The standard InChI is InChI=1S/C20H19N3O4/c24-17-7-15-18-12-6-16-20(3-4-21(16)8-10(12)9-27-15)13-5-11(23(25)26)1-2-14(13)22(17)19(18)20/h1-2,5,9,12,15-16,18-19H,3-4,6-8H2/t12-,15-,16+,18+,19-,20+/m0/s1. The van der Waals surface area contributed by atoms with Crippen molar-refractivity contribution in [3.63, 3.8) is 0 Å². The maximum Gasteiger partial charge on any atom is 0.269 e. The van der Waals surface area contributed by atoms with Gasteiger partial charge in [-0.15, -0.1) is 0 Å². The third-order valence-corrected chi connectivity index (χ3v) is 8.24. The molecule has 3 saturated heterocycles. The van der Waals surface area contributed by atoms with Crippen LogP contribution in [0.1, 0.15) is 24.8 Å². The number of hydrogen-bond acceptors (Lipinski definition) is 5. The van der Waals surface area contributed by atoms with Gasteiger partial charge in [-0.2, -0.15) is 0 Å². The molecule has 0 radical (unpaired) electrons. The zero-order valence-corrected chi connectivity index (χ0v) is 14.7. The quantitative estimate of drug-likeness (QED) is 0.562. The van der Waals surface area contributed by atoms with Gasteiger partial charge in [0.2, 0.25) is 5.91 Å². The largest absolute Gasteiger partial charge is 0.497 e. The predicted molar refractivity (Wildman–Crippen MR) is 95.2 cm³/mol. The predicted octanol–water partition coefficient (Wildman–Crippen LogP) is 1.96. The average Bonchev–Trinajstić information content (AvgIpc) is 3.20. The van der Waals surface area contributed by atoms with Crippen molar-refractivity contribution in [1.29, 1.82) is 0 Å². The fourth-order valence-electron chi connectivity index (χ4n) is 7.42. The fourth-order valence-corrected chi connectivity index (χ4v) is 7.42. The summed E-state index contributed by atoms with van der Waals surface area (Å²) in [5, 5.41) is 11.5. The summed E-state index contributed by atoms with van der Waals surface area (Å²) in [5.41, 5.74) is 3.24. The van der Waals surface area contributed by atoms with Crippen LogP contribution in [0.5, 0.6) is 0 Å². The molecule has 7 rings (SSSR count). The van der Waals surface area contributed by atoms with Gasteiger partial charge in [0.25, 0.3) is 5.69 Å². The van der Waals surface area contributed by atoms with E-state index in [0.717, 1.165) is 37.2 Å². The highest BCUT2D eigenvalue weighted by Crippen LogP contribution is 2.66. The van der Waals surface area contributed by atoms with E-state index in [4.69, 9.17) is 4.74 Å². The van der Waals surface area contributed by atoms with Crippen LogP contribution in [0, 0.1) is 22.0 Å². The lowest BCUT2D eigenvalue weighted by atomic mass is 9.53. The molecule has 27 heavy (non-hydrogen) atoms.